The van der Waals surface area contributed by atoms with Crippen LogP contribution in [0.3, 0.4) is 0 Å². The summed E-state index contributed by atoms with van der Waals surface area (Å²) in [5, 5.41) is 6.47. The van der Waals surface area contributed by atoms with Crippen molar-refractivity contribution < 1.29 is 4.79 Å². The van der Waals surface area contributed by atoms with E-state index in [1.165, 1.54) is 19.3 Å². The highest BCUT2D eigenvalue weighted by Gasteiger charge is 2.21. The van der Waals surface area contributed by atoms with Gasteiger partial charge in [-0.3, -0.25) is 4.79 Å². The van der Waals surface area contributed by atoms with Crippen LogP contribution in [0, 0.1) is 5.92 Å². The van der Waals surface area contributed by atoms with E-state index in [1.807, 2.05) is 0 Å². The third-order valence-electron chi connectivity index (χ3n) is 3.17. The lowest BCUT2D eigenvalue weighted by Gasteiger charge is -2.30. The first-order chi connectivity index (χ1) is 6.34. The number of nitrogens with one attached hydrogen (secondary N) is 2. The predicted molar refractivity (Wildman–Crippen MR) is 51.4 cm³/mol. The average molecular weight is 182 g/mol. The quantitative estimate of drug-likeness (QED) is 0.673. The molecular formula is C10H18N2O. The third-order valence-corrected chi connectivity index (χ3v) is 3.17. The molecule has 2 fully saturated rings. The van der Waals surface area contributed by atoms with Gasteiger partial charge in [0.2, 0.25) is 5.91 Å². The van der Waals surface area contributed by atoms with Crippen molar-refractivity contribution in [2.24, 2.45) is 5.92 Å². The summed E-state index contributed by atoms with van der Waals surface area (Å²) in [6.45, 7) is 1.96. The topological polar surface area (TPSA) is 41.1 Å². The minimum absolute atomic E-state index is 0.222. The van der Waals surface area contributed by atoms with E-state index in [2.05, 4.69) is 10.6 Å². The van der Waals surface area contributed by atoms with Crippen LogP contribution in [-0.4, -0.2) is 25.0 Å². The van der Waals surface area contributed by atoms with Crippen LogP contribution in [-0.2, 0) is 4.79 Å². The molecule has 1 saturated carbocycles. The minimum Gasteiger partial charge on any atom is -0.356 e. The predicted octanol–water partition coefficient (Wildman–Crippen LogP) is 0.655. The van der Waals surface area contributed by atoms with Crippen LogP contribution in [0.5, 0.6) is 0 Å². The summed E-state index contributed by atoms with van der Waals surface area (Å²) in [6, 6.07) is 0.776. The van der Waals surface area contributed by atoms with Crippen LogP contribution in [0.1, 0.15) is 32.1 Å². The molecule has 1 saturated heterocycles. The molecule has 0 spiro atoms. The van der Waals surface area contributed by atoms with Gasteiger partial charge in [0.15, 0.2) is 0 Å². The molecule has 2 rings (SSSR count). The molecule has 3 nitrogen and oxygen atoms in total. The summed E-state index contributed by atoms with van der Waals surface area (Å²) >= 11 is 0. The maximum atomic E-state index is 10.9. The standard InChI is InChI=1S/C10H18N2O/c13-10-5-4-8(7-12-10)6-11-9-2-1-3-9/h8-9,11H,1-7H2,(H,12,13). The number of hydrogen-bond donors (Lipinski definition) is 2. The number of carbonyl (C=O) groups is 1. The number of carbonyl (C=O) groups excluding carboxylic acids is 1. The van der Waals surface area contributed by atoms with Gasteiger partial charge in [-0.1, -0.05) is 6.42 Å². The average Bonchev–Trinajstić information content (AvgIpc) is 2.05. The smallest absolute Gasteiger partial charge is 0.220 e. The summed E-state index contributed by atoms with van der Waals surface area (Å²) < 4.78 is 0. The third kappa shape index (κ3) is 2.44. The fourth-order valence-corrected chi connectivity index (χ4v) is 1.90. The van der Waals surface area contributed by atoms with E-state index in [4.69, 9.17) is 0 Å². The van der Waals surface area contributed by atoms with Crippen molar-refractivity contribution in [2.75, 3.05) is 13.1 Å². The molecule has 1 amide bonds. The van der Waals surface area contributed by atoms with E-state index in [0.717, 1.165) is 32.0 Å². The van der Waals surface area contributed by atoms with E-state index in [1.54, 1.807) is 0 Å². The molecule has 0 aromatic heterocycles. The van der Waals surface area contributed by atoms with Crippen molar-refractivity contribution in [3.05, 3.63) is 0 Å². The summed E-state index contributed by atoms with van der Waals surface area (Å²) in [6.07, 6.45) is 5.86. The fraction of sp³-hybridized carbons (Fsp3) is 0.900. The number of piperidine rings is 1. The van der Waals surface area contributed by atoms with Crippen LogP contribution in [0.25, 0.3) is 0 Å². The number of amides is 1. The zero-order chi connectivity index (χ0) is 9.10. The lowest BCUT2D eigenvalue weighted by molar-refractivity contribution is -0.122. The van der Waals surface area contributed by atoms with Crippen molar-refractivity contribution in [1.29, 1.82) is 0 Å². The van der Waals surface area contributed by atoms with Crippen molar-refractivity contribution in [3.63, 3.8) is 0 Å². The van der Waals surface area contributed by atoms with Gasteiger partial charge in [0.05, 0.1) is 0 Å². The van der Waals surface area contributed by atoms with Gasteiger partial charge in [0.25, 0.3) is 0 Å². The second kappa shape index (κ2) is 4.09. The molecule has 0 radical (unpaired) electrons. The lowest BCUT2D eigenvalue weighted by atomic mass is 9.91. The first-order valence-electron chi connectivity index (χ1n) is 5.34. The van der Waals surface area contributed by atoms with Gasteiger partial charge in [0, 0.05) is 19.0 Å². The number of hydrogen-bond acceptors (Lipinski definition) is 2. The van der Waals surface area contributed by atoms with E-state index >= 15 is 0 Å². The van der Waals surface area contributed by atoms with Crippen molar-refractivity contribution >= 4 is 5.91 Å². The Morgan fingerprint density at radius 1 is 1.38 bits per heavy atom. The molecule has 13 heavy (non-hydrogen) atoms. The van der Waals surface area contributed by atoms with Crippen LogP contribution in [0.4, 0.5) is 0 Å². The monoisotopic (exact) mass is 182 g/mol. The molecule has 1 unspecified atom stereocenters. The van der Waals surface area contributed by atoms with E-state index in [0.29, 0.717) is 5.92 Å². The summed E-state index contributed by atoms with van der Waals surface area (Å²) in [5.74, 6) is 0.887. The zero-order valence-corrected chi connectivity index (χ0v) is 8.01. The van der Waals surface area contributed by atoms with Gasteiger partial charge in [-0.15, -0.1) is 0 Å². The maximum absolute atomic E-state index is 10.9. The first kappa shape index (κ1) is 9.00. The van der Waals surface area contributed by atoms with Gasteiger partial charge < -0.3 is 10.6 Å². The Balaban J connectivity index is 1.61. The summed E-state index contributed by atoms with van der Waals surface area (Å²) in [7, 11) is 0. The molecule has 0 aromatic rings. The van der Waals surface area contributed by atoms with E-state index in [-0.39, 0.29) is 5.91 Å². The zero-order valence-electron chi connectivity index (χ0n) is 8.01. The van der Waals surface area contributed by atoms with Gasteiger partial charge in [-0.05, 0) is 31.7 Å². The van der Waals surface area contributed by atoms with Gasteiger partial charge in [-0.25, -0.2) is 0 Å². The molecule has 74 valence electrons. The lowest BCUT2D eigenvalue weighted by Crippen LogP contribution is -2.43. The van der Waals surface area contributed by atoms with Crippen molar-refractivity contribution in [2.45, 2.75) is 38.1 Å². The first-order valence-corrected chi connectivity index (χ1v) is 5.34. The summed E-state index contributed by atoms with van der Waals surface area (Å²) in [5.41, 5.74) is 0. The Morgan fingerprint density at radius 2 is 2.23 bits per heavy atom. The Morgan fingerprint density at radius 3 is 2.77 bits per heavy atom. The Hall–Kier alpha value is -0.570. The van der Waals surface area contributed by atoms with Crippen molar-refractivity contribution in [3.8, 4) is 0 Å². The van der Waals surface area contributed by atoms with Crippen LogP contribution < -0.4 is 10.6 Å². The van der Waals surface area contributed by atoms with Gasteiger partial charge in [0.1, 0.15) is 0 Å². The normalized spacial score (nSPS) is 29.5. The molecular weight excluding hydrogens is 164 g/mol. The molecule has 1 atom stereocenters. The molecule has 1 aliphatic heterocycles. The molecule has 0 bridgehead atoms. The second-order valence-corrected chi connectivity index (χ2v) is 4.24. The van der Waals surface area contributed by atoms with Crippen LogP contribution in [0.15, 0.2) is 0 Å². The molecule has 3 heteroatoms. The molecule has 2 N–H and O–H groups in total. The highest BCUT2D eigenvalue weighted by molar-refractivity contribution is 5.76. The van der Waals surface area contributed by atoms with Gasteiger partial charge >= 0.3 is 0 Å². The Bertz CT molecular complexity index is 179. The van der Waals surface area contributed by atoms with Crippen LogP contribution >= 0.6 is 0 Å². The van der Waals surface area contributed by atoms with Crippen LogP contribution in [0.2, 0.25) is 0 Å². The van der Waals surface area contributed by atoms with E-state index < -0.39 is 0 Å². The highest BCUT2D eigenvalue weighted by Crippen LogP contribution is 2.19. The van der Waals surface area contributed by atoms with E-state index in [9.17, 15) is 4.79 Å². The summed E-state index contributed by atoms with van der Waals surface area (Å²) in [4.78, 5) is 10.9. The van der Waals surface area contributed by atoms with Crippen molar-refractivity contribution in [1.82, 2.24) is 10.6 Å². The highest BCUT2D eigenvalue weighted by atomic mass is 16.1. The van der Waals surface area contributed by atoms with Gasteiger partial charge in [-0.2, -0.15) is 0 Å². The minimum atomic E-state index is 0.222. The largest absolute Gasteiger partial charge is 0.356 e. The Labute approximate surface area is 79.3 Å². The SMILES string of the molecule is O=C1CCC(CNC2CCC2)CN1. The number of rotatable bonds is 3. The second-order valence-electron chi connectivity index (χ2n) is 4.24. The fourth-order valence-electron chi connectivity index (χ4n) is 1.90. The molecule has 1 heterocycles. The molecule has 2 aliphatic rings. The Kier molecular flexibility index (Phi) is 2.83. The molecule has 1 aliphatic carbocycles. The maximum Gasteiger partial charge on any atom is 0.220 e. The molecule has 0 aromatic carbocycles.